The minimum absolute atomic E-state index is 0.427. The van der Waals surface area contributed by atoms with Gasteiger partial charge in [-0.1, -0.05) is 64.8 Å². The van der Waals surface area contributed by atoms with Gasteiger partial charge in [0.15, 0.2) is 0 Å². The molecule has 0 radical (unpaired) electrons. The van der Waals surface area contributed by atoms with Crippen molar-refractivity contribution < 1.29 is 12.8 Å². The standard InChI is InChI=1S/C10H13Cl2FN2O2S2/c1-7-3-5-8(6-4-7)9(18-10(11,12)13)15(2)19(14,16)17/h3-6,9H,1-2H3,(H2,14,16,17). The molecule has 1 atom stereocenters. The maximum absolute atomic E-state index is 13.4. The molecule has 19 heavy (non-hydrogen) atoms. The largest absolute Gasteiger partial charge is 0.306 e. The average Bonchev–Trinajstić information content (AvgIpc) is 2.24. The number of nitrogens with two attached hydrogens (primary N) is 1. The van der Waals surface area contributed by atoms with Crippen LogP contribution in [0.4, 0.5) is 4.39 Å². The van der Waals surface area contributed by atoms with Crippen LogP contribution in [0.5, 0.6) is 0 Å². The van der Waals surface area contributed by atoms with Crippen LogP contribution < -0.4 is 5.14 Å². The summed E-state index contributed by atoms with van der Waals surface area (Å²) >= 11 is 11.0. The fraction of sp³-hybridized carbons (Fsp3) is 0.400. The van der Waals surface area contributed by atoms with Gasteiger partial charge >= 0.3 is 3.92 Å². The summed E-state index contributed by atoms with van der Waals surface area (Å²) in [5, 5.41) is 4.08. The first-order valence-electron chi connectivity index (χ1n) is 5.07. The Bertz CT molecular complexity index is 531. The van der Waals surface area contributed by atoms with Crippen LogP contribution >= 0.6 is 35.0 Å². The van der Waals surface area contributed by atoms with Gasteiger partial charge in [0.05, 0.1) is 0 Å². The third-order valence-electron chi connectivity index (χ3n) is 2.34. The number of hydrogen-bond acceptors (Lipinski definition) is 3. The Morgan fingerprint density at radius 2 is 1.84 bits per heavy atom. The predicted molar refractivity (Wildman–Crippen MR) is 77.9 cm³/mol. The highest BCUT2D eigenvalue weighted by molar-refractivity contribution is 8.03. The number of rotatable bonds is 5. The lowest BCUT2D eigenvalue weighted by molar-refractivity contribution is 0.450. The van der Waals surface area contributed by atoms with E-state index in [4.69, 9.17) is 28.3 Å². The van der Waals surface area contributed by atoms with Gasteiger partial charge in [-0.2, -0.15) is 17.1 Å². The van der Waals surface area contributed by atoms with Crippen LogP contribution in [0.25, 0.3) is 0 Å². The normalized spacial score (nSPS) is 14.7. The summed E-state index contributed by atoms with van der Waals surface area (Å²) in [7, 11) is -2.78. The van der Waals surface area contributed by atoms with E-state index in [-0.39, 0.29) is 0 Å². The molecule has 0 amide bonds. The molecule has 1 rings (SSSR count). The average molecular weight is 347 g/mol. The molecule has 0 fully saturated rings. The lowest BCUT2D eigenvalue weighted by atomic mass is 10.1. The minimum atomic E-state index is -4.00. The predicted octanol–water partition coefficient (Wildman–Crippen LogP) is 2.92. The van der Waals surface area contributed by atoms with Crippen molar-refractivity contribution >= 4 is 45.2 Å². The molecule has 1 aromatic rings. The quantitative estimate of drug-likeness (QED) is 0.658. The second-order valence-electron chi connectivity index (χ2n) is 3.89. The first kappa shape index (κ1) is 17.0. The molecule has 0 aliphatic carbocycles. The number of benzene rings is 1. The van der Waals surface area contributed by atoms with Crippen LogP contribution in [-0.4, -0.2) is 23.7 Å². The van der Waals surface area contributed by atoms with Gasteiger partial charge < -0.3 is 0 Å². The summed E-state index contributed by atoms with van der Waals surface area (Å²) in [6, 6.07) is 6.85. The molecule has 0 saturated carbocycles. The van der Waals surface area contributed by atoms with Gasteiger partial charge in [0, 0.05) is 7.05 Å². The maximum atomic E-state index is 13.4. The molecule has 0 aliphatic heterocycles. The minimum Gasteiger partial charge on any atom is -0.216 e. The van der Waals surface area contributed by atoms with E-state index >= 15 is 0 Å². The SMILES string of the molecule is Cc1ccc(C(SC(F)(Cl)Cl)N(C)S(N)(=O)=O)cc1. The number of halogens is 3. The van der Waals surface area contributed by atoms with Gasteiger partial charge in [-0.25, -0.2) is 5.14 Å². The van der Waals surface area contributed by atoms with E-state index in [1.54, 1.807) is 24.3 Å². The molecule has 0 spiro atoms. The van der Waals surface area contributed by atoms with Crippen molar-refractivity contribution in [3.8, 4) is 0 Å². The number of nitrogens with zero attached hydrogens (tertiary/aromatic N) is 1. The lowest BCUT2D eigenvalue weighted by Crippen LogP contribution is -2.36. The molecular weight excluding hydrogens is 334 g/mol. The Hall–Kier alpha value is -0.0500. The lowest BCUT2D eigenvalue weighted by Gasteiger charge is -2.27. The molecule has 0 aliphatic rings. The Balaban J connectivity index is 3.16. The van der Waals surface area contributed by atoms with E-state index in [0.29, 0.717) is 17.3 Å². The highest BCUT2D eigenvalue weighted by atomic mass is 35.5. The molecule has 0 saturated heterocycles. The third kappa shape index (κ3) is 5.45. The molecule has 1 unspecified atom stereocenters. The number of aryl methyl sites for hydroxylation is 1. The molecule has 9 heteroatoms. The van der Waals surface area contributed by atoms with Gasteiger partial charge in [0.1, 0.15) is 5.37 Å². The van der Waals surface area contributed by atoms with E-state index < -0.39 is 19.5 Å². The van der Waals surface area contributed by atoms with Gasteiger partial charge in [0.2, 0.25) is 0 Å². The Kier molecular flexibility index (Phi) is 5.51. The summed E-state index contributed by atoms with van der Waals surface area (Å²) in [5.74, 6) is 0. The smallest absolute Gasteiger partial charge is 0.216 e. The van der Waals surface area contributed by atoms with Crippen molar-refractivity contribution in [1.82, 2.24) is 4.31 Å². The van der Waals surface area contributed by atoms with Crippen LogP contribution in [0.1, 0.15) is 16.5 Å². The Morgan fingerprint density at radius 1 is 1.37 bits per heavy atom. The molecule has 0 aromatic heterocycles. The molecule has 0 bridgehead atoms. The zero-order valence-corrected chi connectivity index (χ0v) is 13.3. The zero-order valence-electron chi connectivity index (χ0n) is 10.2. The van der Waals surface area contributed by atoms with Crippen LogP contribution in [0.2, 0.25) is 0 Å². The highest BCUT2D eigenvalue weighted by Crippen LogP contribution is 2.47. The topological polar surface area (TPSA) is 63.4 Å². The van der Waals surface area contributed by atoms with Crippen LogP contribution in [0.15, 0.2) is 24.3 Å². The maximum Gasteiger partial charge on any atom is 0.306 e. The van der Waals surface area contributed by atoms with Crippen molar-refractivity contribution in [3.05, 3.63) is 35.4 Å². The van der Waals surface area contributed by atoms with Gasteiger partial charge in [-0.3, -0.25) is 0 Å². The van der Waals surface area contributed by atoms with Crippen molar-refractivity contribution in [2.24, 2.45) is 5.14 Å². The van der Waals surface area contributed by atoms with E-state index in [2.05, 4.69) is 0 Å². The molecule has 0 heterocycles. The Labute approximate surface area is 126 Å². The molecule has 108 valence electrons. The van der Waals surface area contributed by atoms with Crippen molar-refractivity contribution in [3.63, 3.8) is 0 Å². The molecule has 4 nitrogen and oxygen atoms in total. The third-order valence-corrected chi connectivity index (χ3v) is 5.10. The first-order chi connectivity index (χ1) is 8.50. The van der Waals surface area contributed by atoms with Gasteiger partial charge in [-0.05, 0) is 12.5 Å². The fourth-order valence-electron chi connectivity index (χ4n) is 1.34. The van der Waals surface area contributed by atoms with Crippen molar-refractivity contribution in [2.45, 2.75) is 16.2 Å². The highest BCUT2D eigenvalue weighted by Gasteiger charge is 2.35. The first-order valence-corrected chi connectivity index (χ1v) is 8.21. The van der Waals surface area contributed by atoms with Crippen molar-refractivity contribution in [1.29, 1.82) is 0 Å². The van der Waals surface area contributed by atoms with Crippen LogP contribution in [0, 0.1) is 6.92 Å². The zero-order chi connectivity index (χ0) is 14.8. The monoisotopic (exact) mass is 346 g/mol. The second-order valence-corrected chi connectivity index (χ2v) is 8.42. The van der Waals surface area contributed by atoms with E-state index in [1.165, 1.54) is 7.05 Å². The second kappa shape index (κ2) is 6.15. The Morgan fingerprint density at radius 3 is 2.21 bits per heavy atom. The summed E-state index contributed by atoms with van der Waals surface area (Å²) in [5.41, 5.74) is 1.50. The van der Waals surface area contributed by atoms with Gasteiger partial charge in [-0.15, -0.1) is 0 Å². The van der Waals surface area contributed by atoms with Gasteiger partial charge in [0.25, 0.3) is 10.2 Å². The summed E-state index contributed by atoms with van der Waals surface area (Å²) < 4.78 is 34.3. The number of thioether (sulfide) groups is 1. The summed E-state index contributed by atoms with van der Waals surface area (Å²) in [6.45, 7) is 1.87. The molecular formula is C10H13Cl2FN2O2S2. The summed E-state index contributed by atoms with van der Waals surface area (Å²) in [6.07, 6.45) is 0. The van der Waals surface area contributed by atoms with E-state index in [0.717, 1.165) is 9.87 Å². The van der Waals surface area contributed by atoms with Crippen LogP contribution in [0.3, 0.4) is 0 Å². The van der Waals surface area contributed by atoms with Crippen molar-refractivity contribution in [2.75, 3.05) is 7.05 Å². The fourth-order valence-corrected chi connectivity index (χ4v) is 3.42. The summed E-state index contributed by atoms with van der Waals surface area (Å²) in [4.78, 5) is 0. The van der Waals surface area contributed by atoms with E-state index in [1.807, 2.05) is 6.92 Å². The van der Waals surface area contributed by atoms with Crippen LogP contribution in [-0.2, 0) is 10.2 Å². The molecule has 2 N–H and O–H groups in total. The molecule has 1 aromatic carbocycles. The number of alkyl halides is 3. The van der Waals surface area contributed by atoms with E-state index in [9.17, 15) is 12.8 Å². The number of hydrogen-bond donors (Lipinski definition) is 1.